The van der Waals surface area contributed by atoms with Crippen LogP contribution in [0, 0.1) is 5.92 Å². The van der Waals surface area contributed by atoms with Gasteiger partial charge in [-0.2, -0.15) is 0 Å². The van der Waals surface area contributed by atoms with Crippen LogP contribution < -0.4 is 0 Å². The molecule has 0 atom stereocenters. The molecule has 0 aromatic heterocycles. The van der Waals surface area contributed by atoms with Crippen molar-refractivity contribution < 1.29 is 0 Å². The van der Waals surface area contributed by atoms with Crippen molar-refractivity contribution in [2.75, 3.05) is 0 Å². The number of rotatable bonds is 3. The van der Waals surface area contributed by atoms with E-state index >= 15 is 0 Å². The molecule has 0 aromatic rings. The molecule has 0 saturated carbocycles. The molecule has 0 spiro atoms. The van der Waals surface area contributed by atoms with E-state index in [0.717, 1.165) is 11.1 Å². The second kappa shape index (κ2) is 4.84. The van der Waals surface area contributed by atoms with E-state index in [4.69, 9.17) is 20.8 Å². The van der Waals surface area contributed by atoms with Gasteiger partial charge in [0.15, 0.2) is 0 Å². The summed E-state index contributed by atoms with van der Waals surface area (Å²) in [5.41, 5.74) is 0. The van der Waals surface area contributed by atoms with Crippen molar-refractivity contribution in [3.63, 3.8) is 0 Å². The Morgan fingerprint density at radius 3 is 2.00 bits per heavy atom. The average molecular weight is 210 g/mol. The van der Waals surface area contributed by atoms with E-state index in [1.54, 1.807) is 0 Å². The third kappa shape index (κ3) is 7.00. The summed E-state index contributed by atoms with van der Waals surface area (Å²) in [6.07, 6.45) is 1.24. The Balaban J connectivity index is 3.18. The fraction of sp³-hybridized carbons (Fsp3) is 1.00. The molecule has 0 N–H and O–H groups in total. The Labute approximate surface area is 63.5 Å². The van der Waals surface area contributed by atoms with Crippen molar-refractivity contribution in [3.05, 3.63) is 0 Å². The summed E-state index contributed by atoms with van der Waals surface area (Å²) in [5, 5.41) is 1.16. The van der Waals surface area contributed by atoms with Gasteiger partial charge in [0, 0.05) is 0 Å². The molecule has 0 nitrogen and oxygen atoms in total. The van der Waals surface area contributed by atoms with Crippen LogP contribution in [0.15, 0.2) is 0 Å². The van der Waals surface area contributed by atoms with Crippen molar-refractivity contribution in [2.45, 2.75) is 25.5 Å². The van der Waals surface area contributed by atoms with Crippen LogP contribution in [0.5, 0.6) is 0 Å². The third-order valence-electron chi connectivity index (χ3n) is 0.889. The summed E-state index contributed by atoms with van der Waals surface area (Å²) in [7, 11) is 9.92. The Morgan fingerprint density at radius 1 is 1.38 bits per heavy atom. The summed E-state index contributed by atoms with van der Waals surface area (Å²) >= 11 is -1.12. The van der Waals surface area contributed by atoms with Gasteiger partial charge in [-0.15, -0.1) is 0 Å². The van der Waals surface area contributed by atoms with Gasteiger partial charge in [0.2, 0.25) is 0 Å². The predicted molar refractivity (Wildman–Crippen MR) is 45.2 cm³/mol. The van der Waals surface area contributed by atoms with Gasteiger partial charge in [0.1, 0.15) is 0 Å². The van der Waals surface area contributed by atoms with E-state index in [1.807, 2.05) is 0 Å². The van der Waals surface area contributed by atoms with Gasteiger partial charge in [-0.3, -0.25) is 0 Å². The fourth-order valence-corrected chi connectivity index (χ4v) is 2.98. The van der Waals surface area contributed by atoms with E-state index < -0.39 is 11.3 Å². The van der Waals surface area contributed by atoms with Gasteiger partial charge in [-0.05, 0) is 0 Å². The summed E-state index contributed by atoms with van der Waals surface area (Å²) < 4.78 is 0. The van der Waals surface area contributed by atoms with Gasteiger partial charge >= 0.3 is 63.5 Å². The molecule has 3 heteroatoms. The van der Waals surface area contributed by atoms with Crippen LogP contribution in [0.2, 0.25) is 5.21 Å². The Bertz CT molecular complexity index is 108. The first-order valence-corrected chi connectivity index (χ1v) is 9.40. The molecule has 0 bridgehead atoms. The van der Waals surface area contributed by atoms with Crippen LogP contribution in [0.4, 0.5) is 0 Å². The summed E-state index contributed by atoms with van der Waals surface area (Å²) in [5.74, 6) is 0.790. The van der Waals surface area contributed by atoms with Crippen molar-refractivity contribution in [1.82, 2.24) is 0 Å². The molecule has 0 amide bonds. The van der Waals surface area contributed by atoms with E-state index in [0.29, 0.717) is 0 Å². The molecule has 0 aliphatic rings. The maximum atomic E-state index is 4.96. The van der Waals surface area contributed by atoms with Gasteiger partial charge in [0.05, 0.1) is 0 Å². The Morgan fingerprint density at radius 2 is 1.88 bits per heavy atom. The number of hydrogen-bond donors (Lipinski definition) is 0. The molecule has 0 unspecified atom stereocenters. The van der Waals surface area contributed by atoms with Gasteiger partial charge < -0.3 is 0 Å². The molecule has 0 heterocycles. The molecular formula is C5H11AsS2. The van der Waals surface area contributed by atoms with Crippen molar-refractivity contribution in [3.8, 4) is 0 Å². The first-order valence-electron chi connectivity index (χ1n) is 2.74. The first kappa shape index (κ1) is 9.00. The topological polar surface area (TPSA) is 0 Å². The third-order valence-corrected chi connectivity index (χ3v) is 4.09. The second-order valence-electron chi connectivity index (χ2n) is 2.24. The van der Waals surface area contributed by atoms with Crippen LogP contribution in [-0.4, -0.2) is 11.3 Å². The van der Waals surface area contributed by atoms with Gasteiger partial charge in [-0.1, -0.05) is 0 Å². The monoisotopic (exact) mass is 210 g/mol. The molecule has 0 aliphatic heterocycles. The van der Waals surface area contributed by atoms with Crippen LogP contribution in [0.3, 0.4) is 0 Å². The van der Waals surface area contributed by atoms with E-state index in [-0.39, 0.29) is 0 Å². The molecule has 48 valence electrons. The second-order valence-corrected chi connectivity index (χ2v) is 10.4. The van der Waals surface area contributed by atoms with Crippen molar-refractivity contribution in [2.24, 2.45) is 5.92 Å². The standard InChI is InChI=1S/C5H11AsS2/c1-5(2)3-4-6(7)8/h5H,3-4H2,1-2H3. The summed E-state index contributed by atoms with van der Waals surface area (Å²) in [4.78, 5) is 0. The zero-order valence-corrected chi connectivity index (χ0v) is 8.76. The molecular weight excluding hydrogens is 199 g/mol. The quantitative estimate of drug-likeness (QED) is 0.657. The molecule has 0 aromatic carbocycles. The molecule has 8 heavy (non-hydrogen) atoms. The Hall–Kier alpha value is 0.998. The molecule has 0 saturated heterocycles. The Kier molecular flexibility index (Phi) is 5.44. The van der Waals surface area contributed by atoms with Crippen LogP contribution in [-0.2, 0) is 0 Å². The van der Waals surface area contributed by atoms with Gasteiger partial charge in [-0.25, -0.2) is 0 Å². The van der Waals surface area contributed by atoms with Crippen LogP contribution in [0.1, 0.15) is 20.3 Å². The maximum absolute atomic E-state index is 4.96. The SMILES string of the molecule is CC(C)CC[As](=S)=S. The molecule has 0 fully saturated rings. The average Bonchev–Trinajstić information content (AvgIpc) is 1.61. The minimum absolute atomic E-state index is 0.790. The summed E-state index contributed by atoms with van der Waals surface area (Å²) in [6, 6.07) is 0. The minimum atomic E-state index is -1.12. The van der Waals surface area contributed by atoms with Crippen molar-refractivity contribution >= 4 is 32.1 Å². The fourth-order valence-electron chi connectivity index (χ4n) is 0.364. The zero-order chi connectivity index (χ0) is 6.57. The van der Waals surface area contributed by atoms with Crippen LogP contribution >= 0.6 is 20.8 Å². The normalized spacial score (nSPS) is 9.88. The van der Waals surface area contributed by atoms with Crippen LogP contribution in [0.25, 0.3) is 0 Å². The molecule has 0 radical (unpaired) electrons. The zero-order valence-electron chi connectivity index (χ0n) is 5.26. The number of hydrogen-bond acceptors (Lipinski definition) is 2. The molecule has 0 rings (SSSR count). The predicted octanol–water partition coefficient (Wildman–Crippen LogP) is 2.92. The van der Waals surface area contributed by atoms with E-state index in [1.165, 1.54) is 6.42 Å². The first-order chi connectivity index (χ1) is 3.63. The van der Waals surface area contributed by atoms with E-state index in [2.05, 4.69) is 13.8 Å². The summed E-state index contributed by atoms with van der Waals surface area (Å²) in [6.45, 7) is 4.42. The van der Waals surface area contributed by atoms with Crippen molar-refractivity contribution in [1.29, 1.82) is 0 Å². The van der Waals surface area contributed by atoms with E-state index in [9.17, 15) is 0 Å². The molecule has 0 aliphatic carbocycles. The van der Waals surface area contributed by atoms with Gasteiger partial charge in [0.25, 0.3) is 0 Å².